The molecule has 2 saturated carbocycles. The van der Waals surface area contributed by atoms with E-state index < -0.39 is 5.60 Å². The van der Waals surface area contributed by atoms with Gasteiger partial charge in [0.2, 0.25) is 11.7 Å². The van der Waals surface area contributed by atoms with E-state index in [1.54, 1.807) is 5.51 Å². The smallest absolute Gasteiger partial charge is 0.230 e. The summed E-state index contributed by atoms with van der Waals surface area (Å²) in [5, 5.41) is 16.7. The SMILES string of the molecule is OC1(C2CCCCC2)CC(c2nc(-c3cscn3)no2)C1. The monoisotopic (exact) mass is 305 g/mol. The van der Waals surface area contributed by atoms with Crippen LogP contribution in [-0.4, -0.2) is 25.8 Å². The largest absolute Gasteiger partial charge is 0.390 e. The van der Waals surface area contributed by atoms with Crippen LogP contribution in [0.2, 0.25) is 0 Å². The van der Waals surface area contributed by atoms with Gasteiger partial charge < -0.3 is 9.63 Å². The predicted molar refractivity (Wildman–Crippen MR) is 78.9 cm³/mol. The first-order chi connectivity index (χ1) is 10.2. The Labute approximate surface area is 127 Å². The molecule has 0 spiro atoms. The molecule has 0 unspecified atom stereocenters. The maximum Gasteiger partial charge on any atom is 0.230 e. The lowest BCUT2D eigenvalue weighted by atomic mass is 9.61. The number of thiazole rings is 1. The minimum atomic E-state index is -0.500. The lowest BCUT2D eigenvalue weighted by Crippen LogP contribution is -2.49. The van der Waals surface area contributed by atoms with E-state index in [-0.39, 0.29) is 5.92 Å². The van der Waals surface area contributed by atoms with Crippen LogP contribution in [0.1, 0.15) is 56.8 Å². The summed E-state index contributed by atoms with van der Waals surface area (Å²) in [6.07, 6.45) is 7.68. The van der Waals surface area contributed by atoms with Crippen molar-refractivity contribution in [2.45, 2.75) is 56.5 Å². The number of rotatable bonds is 3. The number of hydrogen-bond donors (Lipinski definition) is 1. The van der Waals surface area contributed by atoms with Gasteiger partial charge in [-0.2, -0.15) is 4.98 Å². The van der Waals surface area contributed by atoms with Crippen molar-refractivity contribution in [3.05, 3.63) is 16.8 Å². The van der Waals surface area contributed by atoms with E-state index in [0.717, 1.165) is 31.4 Å². The fourth-order valence-corrected chi connectivity index (χ4v) is 4.30. The van der Waals surface area contributed by atoms with E-state index in [1.165, 1.54) is 30.6 Å². The summed E-state index contributed by atoms with van der Waals surface area (Å²) in [7, 11) is 0. The van der Waals surface area contributed by atoms with Crippen molar-refractivity contribution in [2.24, 2.45) is 5.92 Å². The van der Waals surface area contributed by atoms with Crippen LogP contribution in [-0.2, 0) is 0 Å². The van der Waals surface area contributed by atoms with Crippen LogP contribution in [0.3, 0.4) is 0 Å². The third kappa shape index (κ3) is 2.40. The molecule has 2 fully saturated rings. The zero-order valence-electron chi connectivity index (χ0n) is 11.9. The highest BCUT2D eigenvalue weighted by atomic mass is 32.1. The molecule has 5 nitrogen and oxygen atoms in total. The average molecular weight is 305 g/mol. The van der Waals surface area contributed by atoms with Crippen LogP contribution >= 0.6 is 11.3 Å². The fraction of sp³-hybridized carbons (Fsp3) is 0.667. The van der Waals surface area contributed by atoms with Crippen LogP contribution in [0.25, 0.3) is 11.5 Å². The molecule has 0 saturated heterocycles. The number of aromatic nitrogens is 3. The lowest BCUT2D eigenvalue weighted by Gasteiger charge is -2.48. The quantitative estimate of drug-likeness (QED) is 0.941. The van der Waals surface area contributed by atoms with Gasteiger partial charge in [-0.25, -0.2) is 4.98 Å². The first kappa shape index (κ1) is 13.4. The minimum Gasteiger partial charge on any atom is -0.390 e. The molecule has 2 heterocycles. The molecule has 2 aromatic heterocycles. The van der Waals surface area contributed by atoms with E-state index in [0.29, 0.717) is 17.6 Å². The van der Waals surface area contributed by atoms with E-state index in [9.17, 15) is 5.11 Å². The molecule has 21 heavy (non-hydrogen) atoms. The van der Waals surface area contributed by atoms with Crippen molar-refractivity contribution in [1.29, 1.82) is 0 Å². The predicted octanol–water partition coefficient (Wildman–Crippen LogP) is 3.38. The molecule has 0 atom stereocenters. The molecule has 1 N–H and O–H groups in total. The van der Waals surface area contributed by atoms with Crippen molar-refractivity contribution in [2.75, 3.05) is 0 Å². The fourth-order valence-electron chi connectivity index (χ4n) is 3.77. The van der Waals surface area contributed by atoms with Crippen LogP contribution in [0, 0.1) is 5.92 Å². The molecule has 6 heteroatoms. The molecule has 2 aliphatic rings. The normalized spacial score (nSPS) is 30.2. The molecule has 4 rings (SSSR count). The van der Waals surface area contributed by atoms with Gasteiger partial charge in [-0.05, 0) is 31.6 Å². The van der Waals surface area contributed by atoms with Gasteiger partial charge in [-0.15, -0.1) is 11.3 Å². The Balaban J connectivity index is 1.43. The Morgan fingerprint density at radius 1 is 1.24 bits per heavy atom. The summed E-state index contributed by atoms with van der Waals surface area (Å²) < 4.78 is 5.37. The molecule has 0 radical (unpaired) electrons. The zero-order chi connectivity index (χ0) is 14.3. The van der Waals surface area contributed by atoms with E-state index in [4.69, 9.17) is 4.52 Å². The van der Waals surface area contributed by atoms with Crippen molar-refractivity contribution in [3.63, 3.8) is 0 Å². The maximum atomic E-state index is 10.8. The minimum absolute atomic E-state index is 0.205. The molecule has 2 aliphatic carbocycles. The van der Waals surface area contributed by atoms with Crippen molar-refractivity contribution >= 4 is 11.3 Å². The molecule has 0 aliphatic heterocycles. The summed E-state index contributed by atoms with van der Waals surface area (Å²) in [6.45, 7) is 0. The molecule has 112 valence electrons. The summed E-state index contributed by atoms with van der Waals surface area (Å²) in [4.78, 5) is 8.63. The number of aliphatic hydroxyl groups is 1. The third-order valence-electron chi connectivity index (χ3n) is 5.02. The standard InChI is InChI=1S/C15H19N3O2S/c19-15(11-4-2-1-3-5-11)6-10(7-15)14-17-13(18-20-14)12-8-21-9-16-12/h8-11,19H,1-7H2. The topological polar surface area (TPSA) is 72.0 Å². The lowest BCUT2D eigenvalue weighted by molar-refractivity contribution is -0.111. The Bertz CT molecular complexity index is 598. The highest BCUT2D eigenvalue weighted by Gasteiger charge is 2.50. The second-order valence-corrected chi connectivity index (χ2v) is 7.09. The molecule has 0 bridgehead atoms. The van der Waals surface area contributed by atoms with Crippen molar-refractivity contribution < 1.29 is 9.63 Å². The molecule has 0 amide bonds. The molecule has 2 aromatic rings. The van der Waals surface area contributed by atoms with Crippen molar-refractivity contribution in [3.8, 4) is 11.5 Å². The Kier molecular flexibility index (Phi) is 3.30. The third-order valence-corrected chi connectivity index (χ3v) is 5.60. The summed E-state index contributed by atoms with van der Waals surface area (Å²) in [5.74, 6) is 1.87. The van der Waals surface area contributed by atoms with Crippen LogP contribution < -0.4 is 0 Å². The van der Waals surface area contributed by atoms with Crippen molar-refractivity contribution in [1.82, 2.24) is 15.1 Å². The van der Waals surface area contributed by atoms with Crippen LogP contribution in [0.5, 0.6) is 0 Å². The molecular weight excluding hydrogens is 286 g/mol. The summed E-state index contributed by atoms with van der Waals surface area (Å²) >= 11 is 1.52. The van der Waals surface area contributed by atoms with Gasteiger partial charge >= 0.3 is 0 Å². The van der Waals surface area contributed by atoms with Gasteiger partial charge in [0.25, 0.3) is 0 Å². The van der Waals surface area contributed by atoms with Gasteiger partial charge in [-0.3, -0.25) is 0 Å². The highest BCUT2D eigenvalue weighted by Crippen LogP contribution is 2.51. The van der Waals surface area contributed by atoms with Gasteiger partial charge in [0, 0.05) is 11.3 Å². The van der Waals surface area contributed by atoms with Gasteiger partial charge in [0.15, 0.2) is 0 Å². The zero-order valence-corrected chi connectivity index (χ0v) is 12.7. The second kappa shape index (κ2) is 5.18. The van der Waals surface area contributed by atoms with E-state index in [1.807, 2.05) is 5.38 Å². The Hall–Kier alpha value is -1.27. The number of hydrogen-bond acceptors (Lipinski definition) is 6. The maximum absolute atomic E-state index is 10.8. The average Bonchev–Trinajstić information content (AvgIpc) is 3.15. The van der Waals surface area contributed by atoms with Gasteiger partial charge in [0.1, 0.15) is 5.69 Å². The van der Waals surface area contributed by atoms with Crippen LogP contribution in [0.4, 0.5) is 0 Å². The Morgan fingerprint density at radius 2 is 2.05 bits per heavy atom. The first-order valence-electron chi connectivity index (χ1n) is 7.69. The summed E-state index contributed by atoms with van der Waals surface area (Å²) in [5.41, 5.74) is 2.02. The van der Waals surface area contributed by atoms with E-state index in [2.05, 4.69) is 15.1 Å². The number of nitrogens with zero attached hydrogens (tertiary/aromatic N) is 3. The van der Waals surface area contributed by atoms with Gasteiger partial charge in [-0.1, -0.05) is 24.4 Å². The highest BCUT2D eigenvalue weighted by molar-refractivity contribution is 7.07. The Morgan fingerprint density at radius 3 is 2.76 bits per heavy atom. The molecular formula is C15H19N3O2S. The summed E-state index contributed by atoms with van der Waals surface area (Å²) in [6, 6.07) is 0. The first-order valence-corrected chi connectivity index (χ1v) is 8.63. The van der Waals surface area contributed by atoms with Gasteiger partial charge in [0.05, 0.1) is 11.1 Å². The van der Waals surface area contributed by atoms with Crippen LogP contribution in [0.15, 0.2) is 15.4 Å². The second-order valence-electron chi connectivity index (χ2n) is 6.37. The molecule has 0 aromatic carbocycles. The van der Waals surface area contributed by atoms with E-state index >= 15 is 0 Å².